The largest absolute Gasteiger partial charge is 0.507 e. The Morgan fingerprint density at radius 2 is 1.67 bits per heavy atom. The van der Waals surface area contributed by atoms with E-state index >= 15 is 0 Å². The summed E-state index contributed by atoms with van der Waals surface area (Å²) in [5.74, 6) is -0.983. The normalized spacial score (nSPS) is 18.9. The van der Waals surface area contributed by atoms with Crippen molar-refractivity contribution in [2.24, 2.45) is 0 Å². The van der Waals surface area contributed by atoms with E-state index < -0.39 is 17.7 Å². The van der Waals surface area contributed by atoms with Gasteiger partial charge in [-0.2, -0.15) is 0 Å². The summed E-state index contributed by atoms with van der Waals surface area (Å²) in [7, 11) is 0. The molecule has 0 radical (unpaired) electrons. The Kier molecular flexibility index (Phi) is 4.08. The SMILES string of the molecule is Cc1cc(N2C(=O)C(=O)C(=C(O)c3ccccc3)[C@H]2c2ccccc2)no1. The first-order chi connectivity index (χ1) is 13.1. The lowest BCUT2D eigenvalue weighted by Gasteiger charge is -2.22. The molecule has 2 heterocycles. The summed E-state index contributed by atoms with van der Waals surface area (Å²) in [6.45, 7) is 1.70. The molecular weight excluding hydrogens is 344 g/mol. The van der Waals surface area contributed by atoms with E-state index in [0.717, 1.165) is 0 Å². The summed E-state index contributed by atoms with van der Waals surface area (Å²) in [5.41, 5.74) is 1.18. The van der Waals surface area contributed by atoms with E-state index in [1.165, 1.54) is 4.90 Å². The maximum atomic E-state index is 12.8. The summed E-state index contributed by atoms with van der Waals surface area (Å²) in [5, 5.41) is 14.7. The third-order valence-electron chi connectivity index (χ3n) is 4.47. The highest BCUT2D eigenvalue weighted by atomic mass is 16.5. The number of anilines is 1. The van der Waals surface area contributed by atoms with Gasteiger partial charge in [0, 0.05) is 11.6 Å². The lowest BCUT2D eigenvalue weighted by Crippen LogP contribution is -2.29. The molecule has 4 rings (SSSR count). The average Bonchev–Trinajstić information content (AvgIpc) is 3.24. The molecule has 1 amide bonds. The van der Waals surface area contributed by atoms with Gasteiger partial charge in [0.2, 0.25) is 0 Å². The number of carbonyl (C=O) groups excluding carboxylic acids is 2. The number of ketones is 1. The van der Waals surface area contributed by atoms with Crippen LogP contribution in [-0.2, 0) is 9.59 Å². The van der Waals surface area contributed by atoms with Crippen molar-refractivity contribution >= 4 is 23.3 Å². The predicted molar refractivity (Wildman–Crippen MR) is 98.9 cm³/mol. The molecule has 1 fully saturated rings. The zero-order valence-electron chi connectivity index (χ0n) is 14.5. The number of aromatic nitrogens is 1. The number of aliphatic hydroxyl groups excluding tert-OH is 1. The molecule has 1 N–H and O–H groups in total. The molecule has 27 heavy (non-hydrogen) atoms. The monoisotopic (exact) mass is 360 g/mol. The molecule has 1 aliphatic rings. The first-order valence-corrected chi connectivity index (χ1v) is 8.42. The minimum absolute atomic E-state index is 0.0260. The van der Waals surface area contributed by atoms with Crippen LogP contribution >= 0.6 is 0 Å². The van der Waals surface area contributed by atoms with Crippen LogP contribution in [0.3, 0.4) is 0 Å². The minimum Gasteiger partial charge on any atom is -0.507 e. The van der Waals surface area contributed by atoms with Gasteiger partial charge in [-0.1, -0.05) is 65.8 Å². The predicted octanol–water partition coefficient (Wildman–Crippen LogP) is 3.61. The van der Waals surface area contributed by atoms with E-state index in [9.17, 15) is 14.7 Å². The third kappa shape index (κ3) is 2.81. The molecule has 3 aromatic rings. The molecule has 134 valence electrons. The molecule has 1 aromatic heterocycles. The quantitative estimate of drug-likeness (QED) is 0.438. The number of hydrogen-bond acceptors (Lipinski definition) is 5. The van der Waals surface area contributed by atoms with Crippen LogP contribution in [0.4, 0.5) is 5.82 Å². The lowest BCUT2D eigenvalue weighted by molar-refractivity contribution is -0.132. The molecule has 6 heteroatoms. The maximum absolute atomic E-state index is 12.8. The number of aryl methyl sites for hydroxylation is 1. The Hall–Kier alpha value is -3.67. The second-order valence-electron chi connectivity index (χ2n) is 6.24. The minimum atomic E-state index is -0.795. The Morgan fingerprint density at radius 1 is 1.04 bits per heavy atom. The highest BCUT2D eigenvalue weighted by Crippen LogP contribution is 2.41. The van der Waals surface area contributed by atoms with Crippen molar-refractivity contribution in [2.45, 2.75) is 13.0 Å². The van der Waals surface area contributed by atoms with Crippen LogP contribution in [0.15, 0.2) is 76.8 Å². The van der Waals surface area contributed by atoms with Gasteiger partial charge in [0.1, 0.15) is 11.5 Å². The fraction of sp³-hybridized carbons (Fsp3) is 0.0952. The zero-order chi connectivity index (χ0) is 19.0. The van der Waals surface area contributed by atoms with Crippen LogP contribution in [0.5, 0.6) is 0 Å². The molecule has 0 saturated carbocycles. The van der Waals surface area contributed by atoms with Gasteiger partial charge < -0.3 is 9.63 Å². The molecule has 0 aliphatic carbocycles. The molecule has 6 nitrogen and oxygen atoms in total. The number of carbonyl (C=O) groups is 2. The first-order valence-electron chi connectivity index (χ1n) is 8.42. The molecule has 0 unspecified atom stereocenters. The standard InChI is InChI=1S/C21H16N2O4/c1-13-12-16(22-27-13)23-18(14-8-4-2-5-9-14)17(20(25)21(23)26)19(24)15-10-6-3-7-11-15/h2-12,18,24H,1H3/t18-/m1/s1. The van der Waals surface area contributed by atoms with Gasteiger partial charge >= 0.3 is 5.91 Å². The van der Waals surface area contributed by atoms with Crippen LogP contribution < -0.4 is 4.90 Å². The van der Waals surface area contributed by atoms with Crippen LogP contribution in [0.2, 0.25) is 0 Å². The summed E-state index contributed by atoms with van der Waals surface area (Å²) >= 11 is 0. The number of amides is 1. The molecule has 1 atom stereocenters. The number of nitrogens with zero attached hydrogens (tertiary/aromatic N) is 2. The van der Waals surface area contributed by atoms with E-state index in [-0.39, 0.29) is 17.2 Å². The fourth-order valence-corrected chi connectivity index (χ4v) is 3.24. The summed E-state index contributed by atoms with van der Waals surface area (Å²) in [6.07, 6.45) is 0. The van der Waals surface area contributed by atoms with Gasteiger partial charge in [0.15, 0.2) is 5.82 Å². The zero-order valence-corrected chi connectivity index (χ0v) is 14.5. The van der Waals surface area contributed by atoms with Gasteiger partial charge in [-0.15, -0.1) is 0 Å². The van der Waals surface area contributed by atoms with Gasteiger partial charge in [-0.05, 0) is 12.5 Å². The van der Waals surface area contributed by atoms with E-state index in [2.05, 4.69) is 5.16 Å². The second kappa shape index (κ2) is 6.57. The molecule has 2 aromatic carbocycles. The lowest BCUT2D eigenvalue weighted by atomic mass is 9.95. The Labute approximate surface area is 155 Å². The van der Waals surface area contributed by atoms with Crippen LogP contribution in [-0.4, -0.2) is 22.0 Å². The van der Waals surface area contributed by atoms with Crippen LogP contribution in [0.25, 0.3) is 5.76 Å². The number of hydrogen-bond donors (Lipinski definition) is 1. The topological polar surface area (TPSA) is 83.6 Å². The second-order valence-corrected chi connectivity index (χ2v) is 6.24. The first kappa shape index (κ1) is 16.8. The van der Waals surface area contributed by atoms with E-state index in [4.69, 9.17) is 4.52 Å². The van der Waals surface area contributed by atoms with Gasteiger partial charge in [0.25, 0.3) is 5.78 Å². The number of rotatable bonds is 3. The van der Waals surface area contributed by atoms with Crippen molar-refractivity contribution < 1.29 is 19.2 Å². The van der Waals surface area contributed by atoms with Crippen molar-refractivity contribution in [3.63, 3.8) is 0 Å². The van der Waals surface area contributed by atoms with Crippen molar-refractivity contribution in [1.29, 1.82) is 0 Å². The fourth-order valence-electron chi connectivity index (χ4n) is 3.24. The summed E-state index contributed by atoms with van der Waals surface area (Å²) in [4.78, 5) is 26.9. The van der Waals surface area contributed by atoms with E-state index in [1.54, 1.807) is 49.4 Å². The third-order valence-corrected chi connectivity index (χ3v) is 4.47. The number of benzene rings is 2. The van der Waals surface area contributed by atoms with E-state index in [0.29, 0.717) is 16.9 Å². The van der Waals surface area contributed by atoms with Gasteiger partial charge in [-0.3, -0.25) is 14.5 Å². The number of aliphatic hydroxyl groups is 1. The van der Waals surface area contributed by atoms with Crippen molar-refractivity contribution in [3.8, 4) is 0 Å². The molecular formula is C21H16N2O4. The van der Waals surface area contributed by atoms with Crippen LogP contribution in [0.1, 0.15) is 22.9 Å². The smallest absolute Gasteiger partial charge is 0.301 e. The highest BCUT2D eigenvalue weighted by molar-refractivity contribution is 6.51. The number of Topliss-reactive ketones (excluding diaryl/α,β-unsaturated/α-hetero) is 1. The van der Waals surface area contributed by atoms with Gasteiger partial charge in [0.05, 0.1) is 11.6 Å². The Balaban J connectivity index is 1.94. The molecule has 0 bridgehead atoms. The van der Waals surface area contributed by atoms with Gasteiger partial charge in [-0.25, -0.2) is 0 Å². The Morgan fingerprint density at radius 3 is 2.26 bits per heavy atom. The van der Waals surface area contributed by atoms with Crippen molar-refractivity contribution in [3.05, 3.63) is 89.2 Å². The van der Waals surface area contributed by atoms with Crippen molar-refractivity contribution in [2.75, 3.05) is 4.90 Å². The Bertz CT molecular complexity index is 1040. The highest BCUT2D eigenvalue weighted by Gasteiger charge is 2.48. The summed E-state index contributed by atoms with van der Waals surface area (Å²) in [6, 6.07) is 18.5. The van der Waals surface area contributed by atoms with Crippen LogP contribution in [0, 0.1) is 6.92 Å². The molecule has 0 spiro atoms. The summed E-state index contributed by atoms with van der Waals surface area (Å²) < 4.78 is 5.09. The maximum Gasteiger partial charge on any atom is 0.301 e. The molecule has 1 saturated heterocycles. The van der Waals surface area contributed by atoms with E-state index in [1.807, 2.05) is 24.3 Å². The van der Waals surface area contributed by atoms with Crippen molar-refractivity contribution in [1.82, 2.24) is 5.16 Å². The molecule has 1 aliphatic heterocycles. The average molecular weight is 360 g/mol.